The first-order valence-electron chi connectivity index (χ1n) is 7.42. The van der Waals surface area contributed by atoms with Gasteiger partial charge in [0.1, 0.15) is 5.82 Å². The Bertz CT molecular complexity index is 539. The molecule has 0 saturated heterocycles. The van der Waals surface area contributed by atoms with E-state index in [1.54, 1.807) is 0 Å². The molecule has 0 saturated carbocycles. The number of likely N-dealkylation sites (N-methyl/N-ethyl adjacent to an activating group) is 1. The molecule has 0 aliphatic rings. The first-order valence-corrected chi connectivity index (χ1v) is 7.42. The lowest BCUT2D eigenvalue weighted by Crippen LogP contribution is -2.26. The van der Waals surface area contributed by atoms with Crippen molar-refractivity contribution in [2.45, 2.75) is 20.3 Å². The Morgan fingerprint density at radius 3 is 2.38 bits per heavy atom. The van der Waals surface area contributed by atoms with Crippen LogP contribution < -0.4 is 9.80 Å². The maximum Gasteiger partial charge on any atom is 0.227 e. The van der Waals surface area contributed by atoms with E-state index in [-0.39, 0.29) is 0 Å². The highest BCUT2D eigenvalue weighted by Gasteiger charge is 2.08. The molecule has 2 rings (SSSR count). The fraction of sp³-hybridized carbons (Fsp3) is 0.438. The average molecular weight is 285 g/mol. The third kappa shape index (κ3) is 4.15. The van der Waals surface area contributed by atoms with Gasteiger partial charge in [-0.2, -0.15) is 4.98 Å². The van der Waals surface area contributed by atoms with Crippen LogP contribution in [0.5, 0.6) is 0 Å². The van der Waals surface area contributed by atoms with E-state index in [4.69, 9.17) is 0 Å². The summed E-state index contributed by atoms with van der Waals surface area (Å²) in [5.74, 6) is 1.76. The van der Waals surface area contributed by atoms with Crippen LogP contribution in [-0.2, 0) is 6.42 Å². The van der Waals surface area contributed by atoms with Gasteiger partial charge in [-0.05, 0) is 44.0 Å². The molecular formula is C16H23N5. The number of hydrogen-bond acceptors (Lipinski definition) is 5. The van der Waals surface area contributed by atoms with E-state index in [1.807, 2.05) is 43.8 Å². The molecule has 2 aromatic rings. The number of rotatable bonds is 7. The Morgan fingerprint density at radius 1 is 1.00 bits per heavy atom. The molecule has 0 unspecified atom stereocenters. The van der Waals surface area contributed by atoms with E-state index in [2.05, 4.69) is 38.6 Å². The minimum Gasteiger partial charge on any atom is -0.357 e. The monoisotopic (exact) mass is 285 g/mol. The lowest BCUT2D eigenvalue weighted by atomic mass is 10.2. The molecule has 0 aromatic carbocycles. The van der Waals surface area contributed by atoms with Gasteiger partial charge in [0.15, 0.2) is 0 Å². The van der Waals surface area contributed by atoms with E-state index >= 15 is 0 Å². The molecule has 0 atom stereocenters. The fourth-order valence-corrected chi connectivity index (χ4v) is 2.19. The van der Waals surface area contributed by atoms with Crippen molar-refractivity contribution in [1.82, 2.24) is 15.0 Å². The standard InChI is InChI=1S/C16H23N5/c1-4-21(5-2)15-8-12-18-16(19-15)20(3)13-9-14-6-10-17-11-7-14/h6-8,10-12H,4-5,9,13H2,1-3H3. The van der Waals surface area contributed by atoms with Crippen LogP contribution in [0.1, 0.15) is 19.4 Å². The maximum atomic E-state index is 4.66. The largest absolute Gasteiger partial charge is 0.357 e. The second-order valence-corrected chi connectivity index (χ2v) is 4.91. The number of hydrogen-bond donors (Lipinski definition) is 0. The predicted octanol–water partition coefficient (Wildman–Crippen LogP) is 2.40. The molecule has 0 fully saturated rings. The number of pyridine rings is 1. The van der Waals surface area contributed by atoms with Crippen molar-refractivity contribution in [2.75, 3.05) is 36.5 Å². The Morgan fingerprint density at radius 2 is 1.71 bits per heavy atom. The normalized spacial score (nSPS) is 10.4. The van der Waals surface area contributed by atoms with E-state index in [9.17, 15) is 0 Å². The zero-order chi connectivity index (χ0) is 15.1. The van der Waals surface area contributed by atoms with Crippen molar-refractivity contribution < 1.29 is 0 Å². The second-order valence-electron chi connectivity index (χ2n) is 4.91. The van der Waals surface area contributed by atoms with Gasteiger partial charge in [-0.15, -0.1) is 0 Å². The third-order valence-electron chi connectivity index (χ3n) is 3.54. The molecular weight excluding hydrogens is 262 g/mol. The molecule has 21 heavy (non-hydrogen) atoms. The van der Waals surface area contributed by atoms with Crippen LogP contribution in [-0.4, -0.2) is 41.6 Å². The quantitative estimate of drug-likeness (QED) is 0.781. The molecule has 0 spiro atoms. The molecule has 0 aliphatic carbocycles. The van der Waals surface area contributed by atoms with Gasteiger partial charge in [0.25, 0.3) is 0 Å². The minimum atomic E-state index is 0.772. The topological polar surface area (TPSA) is 45.2 Å². The van der Waals surface area contributed by atoms with Crippen LogP contribution in [0.2, 0.25) is 0 Å². The van der Waals surface area contributed by atoms with Gasteiger partial charge >= 0.3 is 0 Å². The molecule has 0 aliphatic heterocycles. The summed E-state index contributed by atoms with van der Waals surface area (Å²) in [6.45, 7) is 7.06. The summed E-state index contributed by atoms with van der Waals surface area (Å²) in [6, 6.07) is 6.05. The zero-order valence-electron chi connectivity index (χ0n) is 13.0. The smallest absolute Gasteiger partial charge is 0.227 e. The summed E-state index contributed by atoms with van der Waals surface area (Å²) in [7, 11) is 2.03. The zero-order valence-corrected chi connectivity index (χ0v) is 13.0. The second kappa shape index (κ2) is 7.57. The van der Waals surface area contributed by atoms with E-state index in [0.717, 1.165) is 37.8 Å². The highest BCUT2D eigenvalue weighted by molar-refractivity contribution is 5.43. The van der Waals surface area contributed by atoms with Crippen molar-refractivity contribution in [3.63, 3.8) is 0 Å². The average Bonchev–Trinajstić information content (AvgIpc) is 2.55. The van der Waals surface area contributed by atoms with Gasteiger partial charge in [-0.1, -0.05) is 0 Å². The number of nitrogens with zero attached hydrogens (tertiary/aromatic N) is 5. The number of anilines is 2. The van der Waals surface area contributed by atoms with Gasteiger partial charge in [-0.25, -0.2) is 4.98 Å². The molecule has 0 N–H and O–H groups in total. The van der Waals surface area contributed by atoms with Crippen LogP contribution >= 0.6 is 0 Å². The molecule has 5 heteroatoms. The van der Waals surface area contributed by atoms with Crippen molar-refractivity contribution in [3.05, 3.63) is 42.4 Å². The Hall–Kier alpha value is -2.17. The molecule has 0 radical (unpaired) electrons. The maximum absolute atomic E-state index is 4.66. The minimum absolute atomic E-state index is 0.772. The summed E-state index contributed by atoms with van der Waals surface area (Å²) < 4.78 is 0. The lowest BCUT2D eigenvalue weighted by Gasteiger charge is -2.22. The summed E-state index contributed by atoms with van der Waals surface area (Å²) in [6.07, 6.45) is 6.44. The lowest BCUT2D eigenvalue weighted by molar-refractivity contribution is 0.809. The third-order valence-corrected chi connectivity index (χ3v) is 3.54. The summed E-state index contributed by atoms with van der Waals surface area (Å²) in [5.41, 5.74) is 1.27. The van der Waals surface area contributed by atoms with Crippen LogP contribution in [0.25, 0.3) is 0 Å². The SMILES string of the molecule is CCN(CC)c1ccnc(N(C)CCc2ccncc2)n1. The first-order chi connectivity index (χ1) is 10.2. The highest BCUT2D eigenvalue weighted by atomic mass is 15.3. The van der Waals surface area contributed by atoms with Gasteiger partial charge < -0.3 is 9.80 Å². The first kappa shape index (κ1) is 15.2. The molecule has 112 valence electrons. The van der Waals surface area contributed by atoms with Crippen LogP contribution in [0.3, 0.4) is 0 Å². The van der Waals surface area contributed by atoms with E-state index in [1.165, 1.54) is 5.56 Å². The molecule has 2 aromatic heterocycles. The molecule has 0 amide bonds. The van der Waals surface area contributed by atoms with Crippen molar-refractivity contribution in [3.8, 4) is 0 Å². The van der Waals surface area contributed by atoms with Crippen molar-refractivity contribution in [2.24, 2.45) is 0 Å². The Kier molecular flexibility index (Phi) is 5.49. The Balaban J connectivity index is 2.02. The van der Waals surface area contributed by atoms with E-state index in [0.29, 0.717) is 0 Å². The highest BCUT2D eigenvalue weighted by Crippen LogP contribution is 2.14. The number of aromatic nitrogens is 3. The summed E-state index contributed by atoms with van der Waals surface area (Å²) in [4.78, 5) is 17.4. The van der Waals surface area contributed by atoms with Crippen LogP contribution in [0.4, 0.5) is 11.8 Å². The van der Waals surface area contributed by atoms with Crippen LogP contribution in [0, 0.1) is 0 Å². The summed E-state index contributed by atoms with van der Waals surface area (Å²) >= 11 is 0. The predicted molar refractivity (Wildman–Crippen MR) is 86.8 cm³/mol. The van der Waals surface area contributed by atoms with Crippen molar-refractivity contribution in [1.29, 1.82) is 0 Å². The Labute approximate surface area is 126 Å². The fourth-order valence-electron chi connectivity index (χ4n) is 2.19. The molecule has 0 bridgehead atoms. The summed E-state index contributed by atoms with van der Waals surface area (Å²) in [5, 5.41) is 0. The van der Waals surface area contributed by atoms with Gasteiger partial charge in [0, 0.05) is 45.3 Å². The van der Waals surface area contributed by atoms with Gasteiger partial charge in [-0.3, -0.25) is 4.98 Å². The van der Waals surface area contributed by atoms with Gasteiger partial charge in [0.05, 0.1) is 0 Å². The van der Waals surface area contributed by atoms with Crippen molar-refractivity contribution >= 4 is 11.8 Å². The van der Waals surface area contributed by atoms with Gasteiger partial charge in [0.2, 0.25) is 5.95 Å². The van der Waals surface area contributed by atoms with Crippen LogP contribution in [0.15, 0.2) is 36.8 Å². The molecule has 5 nitrogen and oxygen atoms in total. The van der Waals surface area contributed by atoms with E-state index < -0.39 is 0 Å². The molecule has 2 heterocycles.